The highest BCUT2D eigenvalue weighted by atomic mass is 32.2. The van der Waals surface area contributed by atoms with E-state index in [1.807, 2.05) is 6.92 Å². The van der Waals surface area contributed by atoms with Crippen molar-refractivity contribution in [2.75, 3.05) is 11.9 Å². The van der Waals surface area contributed by atoms with Crippen molar-refractivity contribution in [1.29, 1.82) is 0 Å². The van der Waals surface area contributed by atoms with E-state index in [1.165, 1.54) is 12.1 Å². The molecular weight excluding hydrogens is 292 g/mol. The number of amides is 1. The number of anilines is 1. The number of ether oxygens (including phenoxy) is 1. The van der Waals surface area contributed by atoms with Crippen LogP contribution in [0.5, 0.6) is 0 Å². The highest BCUT2D eigenvalue weighted by Gasteiger charge is 2.20. The number of nitrogens with one attached hydrogen (secondary N) is 1. The predicted molar refractivity (Wildman–Crippen MR) is 79.5 cm³/mol. The lowest BCUT2D eigenvalue weighted by Gasteiger charge is -2.14. The largest absolute Gasteiger partial charge is 0.378 e. The van der Waals surface area contributed by atoms with Gasteiger partial charge in [0.2, 0.25) is 15.9 Å². The molecule has 1 heterocycles. The number of hydrogen-bond donors (Lipinski definition) is 2. The number of rotatable bonds is 4. The van der Waals surface area contributed by atoms with Crippen molar-refractivity contribution in [3.8, 4) is 0 Å². The monoisotopic (exact) mass is 312 g/mol. The van der Waals surface area contributed by atoms with Gasteiger partial charge in [-0.05, 0) is 49.9 Å². The number of aryl methyl sites for hydroxylation is 1. The zero-order valence-corrected chi connectivity index (χ0v) is 13.0. The summed E-state index contributed by atoms with van der Waals surface area (Å²) in [4.78, 5) is 12.0. The van der Waals surface area contributed by atoms with E-state index in [2.05, 4.69) is 5.32 Å². The second-order valence-electron chi connectivity index (χ2n) is 5.35. The number of carbonyl (C=O) groups is 1. The van der Waals surface area contributed by atoms with Gasteiger partial charge < -0.3 is 10.1 Å². The van der Waals surface area contributed by atoms with Crippen LogP contribution in [0.15, 0.2) is 17.0 Å². The molecule has 0 aromatic heterocycles. The van der Waals surface area contributed by atoms with E-state index in [1.54, 1.807) is 6.92 Å². The van der Waals surface area contributed by atoms with Gasteiger partial charge in [0.05, 0.1) is 17.4 Å². The molecule has 7 heteroatoms. The molecule has 0 aliphatic carbocycles. The summed E-state index contributed by atoms with van der Waals surface area (Å²) in [7, 11) is -3.80. The van der Waals surface area contributed by atoms with Crippen LogP contribution < -0.4 is 10.5 Å². The number of nitrogens with two attached hydrogens (primary N) is 1. The summed E-state index contributed by atoms with van der Waals surface area (Å²) >= 11 is 0. The molecule has 1 fully saturated rings. The minimum absolute atomic E-state index is 0.00184. The normalized spacial score (nSPS) is 18.7. The first-order valence-corrected chi connectivity index (χ1v) is 8.37. The van der Waals surface area contributed by atoms with Crippen molar-refractivity contribution in [2.45, 2.75) is 44.1 Å². The van der Waals surface area contributed by atoms with Gasteiger partial charge in [0.25, 0.3) is 0 Å². The third-order valence-corrected chi connectivity index (χ3v) is 4.57. The Morgan fingerprint density at radius 2 is 2.14 bits per heavy atom. The minimum Gasteiger partial charge on any atom is -0.378 e. The molecule has 3 N–H and O–H groups in total. The molecule has 1 aromatic rings. The van der Waals surface area contributed by atoms with Crippen LogP contribution in [0.2, 0.25) is 0 Å². The maximum Gasteiger partial charge on any atom is 0.238 e. The lowest BCUT2D eigenvalue weighted by molar-refractivity contribution is -0.118. The number of carbonyl (C=O) groups excluding carboxylic acids is 1. The van der Waals surface area contributed by atoms with Crippen LogP contribution in [0.4, 0.5) is 5.69 Å². The van der Waals surface area contributed by atoms with Gasteiger partial charge in [-0.3, -0.25) is 4.79 Å². The van der Waals surface area contributed by atoms with Crippen LogP contribution in [0, 0.1) is 13.8 Å². The standard InChI is InChI=1S/C14H20N2O4S/c1-9-6-12(21(15,18)19)8-13(10(9)2)16-14(17)7-11-4-3-5-20-11/h6,8,11H,3-5,7H2,1-2H3,(H,16,17)(H2,15,18,19). The van der Waals surface area contributed by atoms with Crippen molar-refractivity contribution < 1.29 is 17.9 Å². The maximum absolute atomic E-state index is 12.0. The topological polar surface area (TPSA) is 98.5 Å². The average Bonchev–Trinajstić information content (AvgIpc) is 2.86. The molecular formula is C14H20N2O4S. The van der Waals surface area contributed by atoms with Crippen LogP contribution in [-0.4, -0.2) is 27.0 Å². The van der Waals surface area contributed by atoms with Crippen molar-refractivity contribution in [2.24, 2.45) is 5.14 Å². The van der Waals surface area contributed by atoms with Gasteiger partial charge in [0.15, 0.2) is 0 Å². The van der Waals surface area contributed by atoms with Gasteiger partial charge in [0, 0.05) is 12.3 Å². The van der Waals surface area contributed by atoms with Crippen LogP contribution in [0.25, 0.3) is 0 Å². The average molecular weight is 312 g/mol. The van der Waals surface area contributed by atoms with Gasteiger partial charge in [-0.15, -0.1) is 0 Å². The van der Waals surface area contributed by atoms with E-state index in [4.69, 9.17) is 9.88 Å². The summed E-state index contributed by atoms with van der Waals surface area (Å²) in [5, 5.41) is 7.90. The van der Waals surface area contributed by atoms with E-state index in [9.17, 15) is 13.2 Å². The Morgan fingerprint density at radius 3 is 2.71 bits per heavy atom. The van der Waals surface area contributed by atoms with E-state index >= 15 is 0 Å². The Kier molecular flexibility index (Phi) is 4.65. The molecule has 6 nitrogen and oxygen atoms in total. The molecule has 21 heavy (non-hydrogen) atoms. The summed E-state index contributed by atoms with van der Waals surface area (Å²) in [6.45, 7) is 4.29. The van der Waals surface area contributed by atoms with E-state index in [0.29, 0.717) is 12.3 Å². The second-order valence-corrected chi connectivity index (χ2v) is 6.91. The molecule has 1 aromatic carbocycles. The Hall–Kier alpha value is -1.44. The third-order valence-electron chi connectivity index (χ3n) is 3.68. The number of sulfonamides is 1. The van der Waals surface area contributed by atoms with Crippen LogP contribution in [0.1, 0.15) is 30.4 Å². The first-order chi connectivity index (χ1) is 9.77. The van der Waals surface area contributed by atoms with Crippen molar-refractivity contribution in [3.63, 3.8) is 0 Å². The lowest BCUT2D eigenvalue weighted by Crippen LogP contribution is -2.20. The molecule has 1 amide bonds. The number of primary sulfonamides is 1. The van der Waals surface area contributed by atoms with Gasteiger partial charge in [-0.2, -0.15) is 0 Å². The van der Waals surface area contributed by atoms with Crippen molar-refractivity contribution in [3.05, 3.63) is 23.3 Å². The fraction of sp³-hybridized carbons (Fsp3) is 0.500. The Labute approximate surface area is 124 Å². The second kappa shape index (κ2) is 6.13. The molecule has 0 spiro atoms. The smallest absolute Gasteiger partial charge is 0.238 e. The van der Waals surface area contributed by atoms with E-state index in [-0.39, 0.29) is 23.3 Å². The van der Waals surface area contributed by atoms with Gasteiger partial charge >= 0.3 is 0 Å². The molecule has 1 aliphatic rings. The first-order valence-electron chi connectivity index (χ1n) is 6.83. The highest BCUT2D eigenvalue weighted by Crippen LogP contribution is 2.24. The van der Waals surface area contributed by atoms with Crippen LogP contribution >= 0.6 is 0 Å². The lowest BCUT2D eigenvalue weighted by atomic mass is 10.1. The van der Waals surface area contributed by atoms with Gasteiger partial charge in [-0.25, -0.2) is 13.6 Å². The summed E-state index contributed by atoms with van der Waals surface area (Å²) < 4.78 is 28.3. The van der Waals surface area contributed by atoms with Crippen molar-refractivity contribution >= 4 is 21.6 Å². The molecule has 1 saturated heterocycles. The molecule has 0 radical (unpaired) electrons. The van der Waals surface area contributed by atoms with E-state index in [0.717, 1.165) is 24.0 Å². The molecule has 2 rings (SSSR count). The number of hydrogen-bond acceptors (Lipinski definition) is 4. The zero-order chi connectivity index (χ0) is 15.6. The van der Waals surface area contributed by atoms with Crippen LogP contribution in [0.3, 0.4) is 0 Å². The fourth-order valence-electron chi connectivity index (χ4n) is 2.33. The third kappa shape index (κ3) is 4.03. The summed E-state index contributed by atoms with van der Waals surface area (Å²) in [5.74, 6) is -0.184. The Bertz CT molecular complexity index is 649. The zero-order valence-electron chi connectivity index (χ0n) is 12.2. The van der Waals surface area contributed by atoms with Gasteiger partial charge in [0.1, 0.15) is 0 Å². The molecule has 1 unspecified atom stereocenters. The Balaban J connectivity index is 2.18. The minimum atomic E-state index is -3.80. The summed E-state index contributed by atoms with van der Waals surface area (Å²) in [6, 6.07) is 2.89. The fourth-order valence-corrected chi connectivity index (χ4v) is 2.96. The molecule has 0 bridgehead atoms. The van der Waals surface area contributed by atoms with E-state index < -0.39 is 10.0 Å². The molecule has 0 saturated carbocycles. The van der Waals surface area contributed by atoms with Gasteiger partial charge in [-0.1, -0.05) is 0 Å². The highest BCUT2D eigenvalue weighted by molar-refractivity contribution is 7.89. The maximum atomic E-state index is 12.0. The summed E-state index contributed by atoms with van der Waals surface area (Å²) in [5.41, 5.74) is 2.05. The van der Waals surface area contributed by atoms with Crippen LogP contribution in [-0.2, 0) is 19.6 Å². The molecule has 1 aliphatic heterocycles. The first kappa shape index (κ1) is 15.9. The summed E-state index contributed by atoms with van der Waals surface area (Å²) in [6.07, 6.45) is 2.07. The number of benzene rings is 1. The predicted octanol–water partition coefficient (Wildman–Crippen LogP) is 1.46. The SMILES string of the molecule is Cc1cc(S(N)(=O)=O)cc(NC(=O)CC2CCCO2)c1C. The quantitative estimate of drug-likeness (QED) is 0.879. The van der Waals surface area contributed by atoms with Crippen molar-refractivity contribution in [1.82, 2.24) is 0 Å². The Morgan fingerprint density at radius 1 is 1.43 bits per heavy atom. The molecule has 116 valence electrons. The molecule has 1 atom stereocenters.